The van der Waals surface area contributed by atoms with Crippen LogP contribution in [0.3, 0.4) is 0 Å². The van der Waals surface area contributed by atoms with Crippen LogP contribution in [0.2, 0.25) is 0 Å². The molecule has 0 saturated heterocycles. The maximum atomic E-state index is 11.3. The number of nitrogens with two attached hydrogens (primary N) is 1. The van der Waals surface area contributed by atoms with E-state index in [2.05, 4.69) is 0 Å². The van der Waals surface area contributed by atoms with Gasteiger partial charge in [0.1, 0.15) is 5.75 Å². The number of rotatable bonds is 5. The van der Waals surface area contributed by atoms with Gasteiger partial charge in [-0.15, -0.1) is 0 Å². The van der Waals surface area contributed by atoms with Crippen molar-refractivity contribution in [2.24, 2.45) is 5.92 Å². The molecule has 0 unspecified atom stereocenters. The van der Waals surface area contributed by atoms with Crippen LogP contribution in [0.4, 0.5) is 5.69 Å². The van der Waals surface area contributed by atoms with Gasteiger partial charge in [-0.2, -0.15) is 0 Å². The molecular formula is C12H17NO3S. The monoisotopic (exact) mass is 255 g/mol. The van der Waals surface area contributed by atoms with E-state index in [0.29, 0.717) is 18.0 Å². The number of ether oxygens (including phenoxy) is 1. The molecule has 2 N–H and O–H groups in total. The fraction of sp³-hybridized carbons (Fsp3) is 0.500. The van der Waals surface area contributed by atoms with Gasteiger partial charge in [0.25, 0.3) is 0 Å². The highest BCUT2D eigenvalue weighted by molar-refractivity contribution is 7.90. The van der Waals surface area contributed by atoms with Crippen LogP contribution in [0.15, 0.2) is 23.1 Å². The minimum atomic E-state index is -3.20. The SMILES string of the molecule is CS(=O)(=O)c1ccc(OCCC2CC2)c(N)c1. The molecule has 94 valence electrons. The van der Waals surface area contributed by atoms with Crippen molar-refractivity contribution in [1.29, 1.82) is 0 Å². The first kappa shape index (κ1) is 12.2. The topological polar surface area (TPSA) is 69.4 Å². The van der Waals surface area contributed by atoms with E-state index in [1.54, 1.807) is 6.07 Å². The van der Waals surface area contributed by atoms with E-state index in [0.717, 1.165) is 18.6 Å². The third kappa shape index (κ3) is 3.36. The summed E-state index contributed by atoms with van der Waals surface area (Å²) in [5.41, 5.74) is 6.14. The minimum absolute atomic E-state index is 0.226. The Bertz CT molecular complexity index is 506. The van der Waals surface area contributed by atoms with E-state index in [4.69, 9.17) is 10.5 Å². The Labute approximate surface area is 102 Å². The Morgan fingerprint density at radius 3 is 2.65 bits per heavy atom. The highest BCUT2D eigenvalue weighted by Crippen LogP contribution is 2.33. The van der Waals surface area contributed by atoms with E-state index < -0.39 is 9.84 Å². The summed E-state index contributed by atoms with van der Waals surface area (Å²) < 4.78 is 28.2. The number of hydrogen-bond acceptors (Lipinski definition) is 4. The summed E-state index contributed by atoms with van der Waals surface area (Å²) in [5.74, 6) is 1.38. The zero-order chi connectivity index (χ0) is 12.5. The van der Waals surface area contributed by atoms with Gasteiger partial charge in [0, 0.05) is 6.26 Å². The molecule has 5 heteroatoms. The largest absolute Gasteiger partial charge is 0.491 e. The van der Waals surface area contributed by atoms with Crippen LogP contribution >= 0.6 is 0 Å². The van der Waals surface area contributed by atoms with Gasteiger partial charge in [0.05, 0.1) is 17.2 Å². The molecule has 0 aliphatic heterocycles. The molecule has 1 aromatic rings. The maximum Gasteiger partial charge on any atom is 0.175 e. The van der Waals surface area contributed by atoms with Crippen molar-refractivity contribution in [3.05, 3.63) is 18.2 Å². The molecule has 1 aliphatic carbocycles. The molecule has 0 aromatic heterocycles. The van der Waals surface area contributed by atoms with Crippen LogP contribution in [0.1, 0.15) is 19.3 Å². The molecule has 0 spiro atoms. The van der Waals surface area contributed by atoms with Crippen LogP contribution in [0.5, 0.6) is 5.75 Å². The van der Waals surface area contributed by atoms with Gasteiger partial charge in [0.2, 0.25) is 0 Å². The smallest absolute Gasteiger partial charge is 0.175 e. The van der Waals surface area contributed by atoms with Crippen molar-refractivity contribution in [3.63, 3.8) is 0 Å². The lowest BCUT2D eigenvalue weighted by Crippen LogP contribution is -2.03. The summed E-state index contributed by atoms with van der Waals surface area (Å²) in [6, 6.07) is 4.60. The van der Waals surface area contributed by atoms with Crippen molar-refractivity contribution in [2.75, 3.05) is 18.6 Å². The molecule has 0 amide bonds. The second-order valence-electron chi connectivity index (χ2n) is 4.55. The van der Waals surface area contributed by atoms with Crippen molar-refractivity contribution in [1.82, 2.24) is 0 Å². The van der Waals surface area contributed by atoms with E-state index >= 15 is 0 Å². The van der Waals surface area contributed by atoms with Crippen LogP contribution in [0.25, 0.3) is 0 Å². The van der Waals surface area contributed by atoms with Crippen LogP contribution in [-0.2, 0) is 9.84 Å². The second-order valence-corrected chi connectivity index (χ2v) is 6.57. The molecule has 1 fully saturated rings. The highest BCUT2D eigenvalue weighted by atomic mass is 32.2. The van der Waals surface area contributed by atoms with Crippen molar-refractivity contribution >= 4 is 15.5 Å². The Morgan fingerprint density at radius 1 is 1.41 bits per heavy atom. The first-order valence-electron chi connectivity index (χ1n) is 5.69. The molecular weight excluding hydrogens is 238 g/mol. The van der Waals surface area contributed by atoms with Gasteiger partial charge >= 0.3 is 0 Å². The Balaban J connectivity index is 2.02. The number of sulfone groups is 1. The third-order valence-electron chi connectivity index (χ3n) is 2.89. The predicted octanol–water partition coefficient (Wildman–Crippen LogP) is 1.85. The highest BCUT2D eigenvalue weighted by Gasteiger charge is 2.20. The average molecular weight is 255 g/mol. The molecule has 1 saturated carbocycles. The summed E-state index contributed by atoms with van der Waals surface area (Å²) in [6.45, 7) is 0.646. The number of nitrogen functional groups attached to an aromatic ring is 1. The van der Waals surface area contributed by atoms with Crippen LogP contribution in [-0.4, -0.2) is 21.3 Å². The average Bonchev–Trinajstić information content (AvgIpc) is 3.02. The van der Waals surface area contributed by atoms with Gasteiger partial charge in [-0.05, 0) is 30.5 Å². The summed E-state index contributed by atoms with van der Waals surface area (Å²) >= 11 is 0. The maximum absolute atomic E-state index is 11.3. The third-order valence-corrected chi connectivity index (χ3v) is 4.00. The number of benzene rings is 1. The van der Waals surface area contributed by atoms with Gasteiger partial charge in [0.15, 0.2) is 9.84 Å². The summed E-state index contributed by atoms with van der Waals surface area (Å²) in [6.07, 6.45) is 4.81. The Hall–Kier alpha value is -1.23. The van der Waals surface area contributed by atoms with E-state index in [-0.39, 0.29) is 4.90 Å². The molecule has 2 rings (SSSR count). The molecule has 0 bridgehead atoms. The molecule has 17 heavy (non-hydrogen) atoms. The number of hydrogen-bond donors (Lipinski definition) is 1. The minimum Gasteiger partial charge on any atom is -0.491 e. The summed E-state index contributed by atoms with van der Waals surface area (Å²) in [5, 5.41) is 0. The first-order valence-corrected chi connectivity index (χ1v) is 7.58. The summed E-state index contributed by atoms with van der Waals surface area (Å²) in [4.78, 5) is 0.226. The van der Waals surface area contributed by atoms with Crippen molar-refractivity contribution in [2.45, 2.75) is 24.2 Å². The Morgan fingerprint density at radius 2 is 2.12 bits per heavy atom. The normalized spacial score (nSPS) is 15.8. The molecule has 4 nitrogen and oxygen atoms in total. The Kier molecular flexibility index (Phi) is 3.28. The molecule has 1 aliphatic rings. The van der Waals surface area contributed by atoms with Gasteiger partial charge in [-0.25, -0.2) is 8.42 Å². The van der Waals surface area contributed by atoms with E-state index in [1.165, 1.54) is 25.0 Å². The fourth-order valence-corrected chi connectivity index (χ4v) is 2.29. The summed E-state index contributed by atoms with van der Waals surface area (Å²) in [7, 11) is -3.20. The number of anilines is 1. The molecule has 0 heterocycles. The van der Waals surface area contributed by atoms with Crippen molar-refractivity contribution < 1.29 is 13.2 Å². The van der Waals surface area contributed by atoms with Gasteiger partial charge in [-0.1, -0.05) is 12.8 Å². The van der Waals surface area contributed by atoms with Crippen molar-refractivity contribution in [3.8, 4) is 5.75 Å². The van der Waals surface area contributed by atoms with Gasteiger partial charge < -0.3 is 10.5 Å². The fourth-order valence-electron chi connectivity index (χ4n) is 1.63. The second kappa shape index (κ2) is 4.56. The van der Waals surface area contributed by atoms with E-state index in [9.17, 15) is 8.42 Å². The first-order chi connectivity index (χ1) is 7.97. The quantitative estimate of drug-likeness (QED) is 0.815. The lowest BCUT2D eigenvalue weighted by molar-refractivity contribution is 0.304. The van der Waals surface area contributed by atoms with Crippen LogP contribution < -0.4 is 10.5 Å². The lowest BCUT2D eigenvalue weighted by atomic mass is 10.3. The predicted molar refractivity (Wildman–Crippen MR) is 66.8 cm³/mol. The van der Waals surface area contributed by atoms with Gasteiger partial charge in [-0.3, -0.25) is 0 Å². The molecule has 1 aromatic carbocycles. The zero-order valence-corrected chi connectivity index (χ0v) is 10.7. The standard InChI is InChI=1S/C12H17NO3S/c1-17(14,15)10-4-5-12(11(13)8-10)16-7-6-9-2-3-9/h4-5,8-9H,2-3,6-7,13H2,1H3. The molecule has 0 radical (unpaired) electrons. The molecule has 0 atom stereocenters. The lowest BCUT2D eigenvalue weighted by Gasteiger charge is -2.09. The zero-order valence-electron chi connectivity index (χ0n) is 9.85. The van der Waals surface area contributed by atoms with Crippen LogP contribution in [0, 0.1) is 5.92 Å². The van der Waals surface area contributed by atoms with E-state index in [1.807, 2.05) is 0 Å².